The van der Waals surface area contributed by atoms with E-state index in [4.69, 9.17) is 0 Å². The lowest BCUT2D eigenvalue weighted by molar-refractivity contribution is 0.408. The van der Waals surface area contributed by atoms with E-state index in [1.807, 2.05) is 0 Å². The van der Waals surface area contributed by atoms with Gasteiger partial charge < -0.3 is 0 Å². The average molecular weight is 300 g/mol. The number of benzene rings is 2. The van der Waals surface area contributed by atoms with Crippen LogP contribution in [0.1, 0.15) is 16.7 Å². The molecule has 112 valence electrons. The molecule has 0 aromatic heterocycles. The Morgan fingerprint density at radius 3 is 1.71 bits per heavy atom. The zero-order chi connectivity index (χ0) is 16.0. The van der Waals surface area contributed by atoms with E-state index in [1.54, 1.807) is 0 Å². The highest BCUT2D eigenvalue weighted by atomic mass is 19.3. The first-order chi connectivity index (χ1) is 9.84. The lowest BCUT2D eigenvalue weighted by Crippen LogP contribution is -1.90. The minimum absolute atomic E-state index is 0.711. The molecule has 0 N–H and O–H groups in total. The lowest BCUT2D eigenvalue weighted by Gasteiger charge is -1.99. The van der Waals surface area contributed by atoms with Gasteiger partial charge >= 0.3 is 6.08 Å². The maximum Gasteiger partial charge on any atom is 0.306 e. The molecule has 0 heterocycles. The first kappa shape index (κ1) is 16.9. The molecule has 2 rings (SSSR count). The van der Waals surface area contributed by atoms with E-state index in [0.29, 0.717) is 6.07 Å². The van der Waals surface area contributed by atoms with Crippen LogP contribution in [-0.2, 0) is 0 Å². The summed E-state index contributed by atoms with van der Waals surface area (Å²) in [6.45, 7) is 4.24. The summed E-state index contributed by atoms with van der Waals surface area (Å²) in [5.74, 6) is -5.03. The second-order valence-electron chi connectivity index (χ2n) is 4.26. The number of hydrogen-bond acceptors (Lipinski definition) is 0. The molecule has 0 nitrogen and oxygen atoms in total. The van der Waals surface area contributed by atoms with Crippen molar-refractivity contribution in [2.45, 2.75) is 13.8 Å². The standard InChI is InChI=1S/C8H3F5.C8H10/c9-5-3-1-2-4(6(5)10)7(11)8(12)13;1-7-5-3-4-6-8(7)2/h1-3H;3-6H,1-2H3. The molecule has 0 fully saturated rings. The van der Waals surface area contributed by atoms with Crippen molar-refractivity contribution in [2.75, 3.05) is 0 Å². The maximum atomic E-state index is 12.6. The van der Waals surface area contributed by atoms with Gasteiger partial charge in [-0.2, -0.15) is 8.78 Å². The zero-order valence-corrected chi connectivity index (χ0v) is 11.4. The predicted molar refractivity (Wildman–Crippen MR) is 72.5 cm³/mol. The quantitative estimate of drug-likeness (QED) is 0.584. The van der Waals surface area contributed by atoms with Gasteiger partial charge in [-0.05, 0) is 37.1 Å². The molecular weight excluding hydrogens is 287 g/mol. The van der Waals surface area contributed by atoms with Crippen molar-refractivity contribution in [1.29, 1.82) is 0 Å². The van der Waals surface area contributed by atoms with Gasteiger partial charge in [0.1, 0.15) is 0 Å². The molecule has 2 aromatic rings. The van der Waals surface area contributed by atoms with Crippen molar-refractivity contribution in [3.8, 4) is 0 Å². The minimum Gasteiger partial charge on any atom is -0.204 e. The van der Waals surface area contributed by atoms with Crippen LogP contribution in [0.3, 0.4) is 0 Å². The molecule has 0 amide bonds. The monoisotopic (exact) mass is 300 g/mol. The Bertz CT molecular complexity index is 622. The van der Waals surface area contributed by atoms with E-state index in [2.05, 4.69) is 38.1 Å². The summed E-state index contributed by atoms with van der Waals surface area (Å²) >= 11 is 0. The highest BCUT2D eigenvalue weighted by Gasteiger charge is 2.15. The fraction of sp³-hybridized carbons (Fsp3) is 0.125. The Hall–Kier alpha value is -2.17. The summed E-state index contributed by atoms with van der Waals surface area (Å²) in [6, 6.07) is 10.7. The molecule has 5 heteroatoms. The fourth-order valence-electron chi connectivity index (χ4n) is 1.44. The molecule has 0 radical (unpaired) electrons. The molecule has 0 bridgehead atoms. The van der Waals surface area contributed by atoms with E-state index in [0.717, 1.165) is 12.1 Å². The van der Waals surface area contributed by atoms with E-state index >= 15 is 0 Å². The van der Waals surface area contributed by atoms with Crippen LogP contribution in [0.15, 0.2) is 48.5 Å². The summed E-state index contributed by atoms with van der Waals surface area (Å²) in [6.07, 6.45) is -2.68. The number of rotatable bonds is 1. The Morgan fingerprint density at radius 1 is 0.762 bits per heavy atom. The Labute approximate surface area is 119 Å². The molecule has 0 aliphatic heterocycles. The molecule has 21 heavy (non-hydrogen) atoms. The molecule has 0 saturated carbocycles. The maximum absolute atomic E-state index is 12.6. The van der Waals surface area contributed by atoms with Crippen LogP contribution in [0, 0.1) is 25.5 Å². The third kappa shape index (κ3) is 4.70. The molecule has 2 aromatic carbocycles. The highest BCUT2D eigenvalue weighted by molar-refractivity contribution is 5.60. The van der Waals surface area contributed by atoms with Gasteiger partial charge in [0.25, 0.3) is 0 Å². The van der Waals surface area contributed by atoms with Gasteiger partial charge in [0.2, 0.25) is 0 Å². The second kappa shape index (κ2) is 7.57. The van der Waals surface area contributed by atoms with E-state index < -0.39 is 29.1 Å². The normalized spacial score (nSPS) is 9.67. The molecule has 0 saturated heterocycles. The molecule has 0 aliphatic carbocycles. The van der Waals surface area contributed by atoms with Crippen LogP contribution < -0.4 is 0 Å². The summed E-state index contributed by atoms with van der Waals surface area (Å²) in [5, 5.41) is 0. The Kier molecular flexibility index (Phi) is 6.09. The van der Waals surface area contributed by atoms with E-state index in [9.17, 15) is 22.0 Å². The third-order valence-corrected chi connectivity index (χ3v) is 2.78. The van der Waals surface area contributed by atoms with Crippen LogP contribution in [0.25, 0.3) is 5.83 Å². The highest BCUT2D eigenvalue weighted by Crippen LogP contribution is 2.25. The summed E-state index contributed by atoms with van der Waals surface area (Å²) < 4.78 is 60.7. The Balaban J connectivity index is 0.000000235. The topological polar surface area (TPSA) is 0 Å². The molecular formula is C16H13F5. The molecule has 0 aliphatic rings. The fourth-order valence-corrected chi connectivity index (χ4v) is 1.44. The first-order valence-electron chi connectivity index (χ1n) is 6.02. The lowest BCUT2D eigenvalue weighted by atomic mass is 10.1. The predicted octanol–water partition coefficient (Wildman–Crippen LogP) is 5.80. The van der Waals surface area contributed by atoms with Crippen molar-refractivity contribution in [2.24, 2.45) is 0 Å². The third-order valence-electron chi connectivity index (χ3n) is 2.78. The molecule has 0 unspecified atom stereocenters. The van der Waals surface area contributed by atoms with Crippen molar-refractivity contribution < 1.29 is 22.0 Å². The summed E-state index contributed by atoms with van der Waals surface area (Å²) in [4.78, 5) is 0. The Morgan fingerprint density at radius 2 is 1.29 bits per heavy atom. The van der Waals surface area contributed by atoms with Gasteiger partial charge in [0.05, 0.1) is 5.56 Å². The van der Waals surface area contributed by atoms with Crippen molar-refractivity contribution in [3.05, 3.63) is 76.9 Å². The van der Waals surface area contributed by atoms with Gasteiger partial charge in [-0.25, -0.2) is 13.2 Å². The van der Waals surface area contributed by atoms with Gasteiger partial charge in [0.15, 0.2) is 17.5 Å². The first-order valence-corrected chi connectivity index (χ1v) is 6.02. The van der Waals surface area contributed by atoms with Gasteiger partial charge in [0, 0.05) is 0 Å². The van der Waals surface area contributed by atoms with Crippen molar-refractivity contribution >= 4 is 5.83 Å². The number of hydrogen-bond donors (Lipinski definition) is 0. The van der Waals surface area contributed by atoms with E-state index in [-0.39, 0.29) is 0 Å². The second-order valence-corrected chi connectivity index (χ2v) is 4.26. The smallest absolute Gasteiger partial charge is 0.204 e. The largest absolute Gasteiger partial charge is 0.306 e. The van der Waals surface area contributed by atoms with Gasteiger partial charge in [-0.3, -0.25) is 0 Å². The summed E-state index contributed by atoms with van der Waals surface area (Å²) in [5.41, 5.74) is 1.67. The average Bonchev–Trinajstić information content (AvgIpc) is 2.45. The summed E-state index contributed by atoms with van der Waals surface area (Å²) in [7, 11) is 0. The van der Waals surface area contributed by atoms with Crippen LogP contribution in [-0.4, -0.2) is 0 Å². The van der Waals surface area contributed by atoms with E-state index in [1.165, 1.54) is 11.1 Å². The van der Waals surface area contributed by atoms with Crippen LogP contribution in [0.5, 0.6) is 0 Å². The van der Waals surface area contributed by atoms with Crippen molar-refractivity contribution in [3.63, 3.8) is 0 Å². The minimum atomic E-state index is -2.68. The van der Waals surface area contributed by atoms with Crippen molar-refractivity contribution in [1.82, 2.24) is 0 Å². The van der Waals surface area contributed by atoms with Crippen LogP contribution >= 0.6 is 0 Å². The van der Waals surface area contributed by atoms with Gasteiger partial charge in [-0.15, -0.1) is 0 Å². The SMILES string of the molecule is Cc1ccccc1C.FC(F)=C(F)c1cccc(F)c1F. The number of halogens is 5. The number of aryl methyl sites for hydroxylation is 2. The van der Waals surface area contributed by atoms with Crippen LogP contribution in [0.4, 0.5) is 22.0 Å². The molecule has 0 atom stereocenters. The molecule has 0 spiro atoms. The zero-order valence-electron chi connectivity index (χ0n) is 11.4. The van der Waals surface area contributed by atoms with Gasteiger partial charge in [-0.1, -0.05) is 30.3 Å². The van der Waals surface area contributed by atoms with Crippen LogP contribution in [0.2, 0.25) is 0 Å².